The lowest BCUT2D eigenvalue weighted by atomic mass is 9.98. The van der Waals surface area contributed by atoms with Crippen LogP contribution >= 0.6 is 0 Å². The Morgan fingerprint density at radius 2 is 2.12 bits per heavy atom. The highest BCUT2D eigenvalue weighted by Crippen LogP contribution is 2.34. The molecule has 1 heterocycles. The number of hydrogen-bond acceptors (Lipinski definition) is 4. The first-order valence-electron chi connectivity index (χ1n) is 5.68. The Bertz CT molecular complexity index is 489. The number of carbonyl (C=O) groups is 1. The van der Waals surface area contributed by atoms with Crippen LogP contribution < -0.4 is 11.3 Å². The van der Waals surface area contributed by atoms with Gasteiger partial charge in [-0.2, -0.15) is 0 Å². The van der Waals surface area contributed by atoms with E-state index < -0.39 is 11.5 Å². The van der Waals surface area contributed by atoms with E-state index in [1.54, 1.807) is 0 Å². The third-order valence-corrected chi connectivity index (χ3v) is 3.14. The minimum atomic E-state index is -1.03. The highest BCUT2D eigenvalue weighted by molar-refractivity contribution is 5.70. The molecule has 4 N–H and O–H groups in total. The molecule has 1 fully saturated rings. The summed E-state index contributed by atoms with van der Waals surface area (Å²) in [6.45, 7) is 0. The molecule has 1 saturated carbocycles. The Morgan fingerprint density at radius 1 is 1.47 bits per heavy atom. The molecule has 0 saturated heterocycles. The SMILES string of the molecule is Nc1nc(C2CCCC2)c(CC(=O)O)c(=O)[nH]1. The first-order valence-corrected chi connectivity index (χ1v) is 5.68. The average Bonchev–Trinajstić information content (AvgIpc) is 2.74. The molecule has 2 rings (SSSR count). The van der Waals surface area contributed by atoms with Gasteiger partial charge in [0.15, 0.2) is 0 Å². The number of rotatable bonds is 3. The van der Waals surface area contributed by atoms with Crippen LogP contribution in [0.25, 0.3) is 0 Å². The fourth-order valence-electron chi connectivity index (χ4n) is 2.39. The number of nitrogens with two attached hydrogens (primary N) is 1. The van der Waals surface area contributed by atoms with Crippen molar-refractivity contribution in [3.05, 3.63) is 21.6 Å². The summed E-state index contributed by atoms with van der Waals surface area (Å²) in [7, 11) is 0. The summed E-state index contributed by atoms with van der Waals surface area (Å²) in [6.07, 6.45) is 3.77. The summed E-state index contributed by atoms with van der Waals surface area (Å²) in [6, 6.07) is 0. The van der Waals surface area contributed by atoms with E-state index in [9.17, 15) is 9.59 Å². The Balaban J connectivity index is 2.46. The van der Waals surface area contributed by atoms with Crippen molar-refractivity contribution in [3.8, 4) is 0 Å². The predicted octanol–water partition coefficient (Wildman–Crippen LogP) is 0.637. The second-order valence-electron chi connectivity index (χ2n) is 4.37. The van der Waals surface area contributed by atoms with Gasteiger partial charge in [-0.05, 0) is 12.8 Å². The maximum absolute atomic E-state index is 11.7. The van der Waals surface area contributed by atoms with Crippen molar-refractivity contribution in [2.24, 2.45) is 0 Å². The van der Waals surface area contributed by atoms with E-state index in [1.807, 2.05) is 0 Å². The molecular weight excluding hydrogens is 222 g/mol. The second-order valence-corrected chi connectivity index (χ2v) is 4.37. The second kappa shape index (κ2) is 4.57. The van der Waals surface area contributed by atoms with Gasteiger partial charge in [0.2, 0.25) is 5.95 Å². The van der Waals surface area contributed by atoms with Crippen molar-refractivity contribution in [3.63, 3.8) is 0 Å². The molecule has 1 aliphatic carbocycles. The quantitative estimate of drug-likeness (QED) is 0.714. The number of hydrogen-bond donors (Lipinski definition) is 3. The molecule has 6 heteroatoms. The summed E-state index contributed by atoms with van der Waals surface area (Å²) >= 11 is 0. The molecule has 0 aliphatic heterocycles. The molecule has 0 amide bonds. The lowest BCUT2D eigenvalue weighted by molar-refractivity contribution is -0.136. The number of H-pyrrole nitrogens is 1. The Morgan fingerprint density at radius 3 is 2.71 bits per heavy atom. The number of nitrogens with one attached hydrogen (secondary N) is 1. The summed E-state index contributed by atoms with van der Waals surface area (Å²) in [4.78, 5) is 29.0. The first kappa shape index (κ1) is 11.6. The smallest absolute Gasteiger partial charge is 0.308 e. The van der Waals surface area contributed by atoms with Crippen molar-refractivity contribution >= 4 is 11.9 Å². The summed E-state index contributed by atoms with van der Waals surface area (Å²) in [5.41, 5.74) is 5.91. The average molecular weight is 237 g/mol. The van der Waals surface area contributed by atoms with Gasteiger partial charge in [-0.1, -0.05) is 12.8 Å². The van der Waals surface area contributed by atoms with Gasteiger partial charge in [-0.25, -0.2) is 4.98 Å². The highest BCUT2D eigenvalue weighted by Gasteiger charge is 2.24. The Hall–Kier alpha value is -1.85. The van der Waals surface area contributed by atoms with E-state index >= 15 is 0 Å². The van der Waals surface area contributed by atoms with Crippen LogP contribution in [0.3, 0.4) is 0 Å². The number of aliphatic carboxylic acids is 1. The number of carboxylic acid groups (broad SMARTS) is 1. The van der Waals surface area contributed by atoms with E-state index in [0.717, 1.165) is 25.7 Å². The van der Waals surface area contributed by atoms with Crippen LogP contribution in [0, 0.1) is 0 Å². The van der Waals surface area contributed by atoms with Crippen molar-refractivity contribution < 1.29 is 9.90 Å². The molecule has 0 atom stereocenters. The standard InChI is InChI=1S/C11H15N3O3/c12-11-13-9(6-3-1-2-4-6)7(5-8(15)16)10(17)14-11/h6H,1-5H2,(H,15,16)(H3,12,13,14,17). The van der Waals surface area contributed by atoms with E-state index in [0.29, 0.717) is 5.69 Å². The van der Waals surface area contributed by atoms with E-state index in [-0.39, 0.29) is 23.9 Å². The summed E-state index contributed by atoms with van der Waals surface area (Å²) in [5, 5.41) is 8.82. The van der Waals surface area contributed by atoms with Crippen LogP contribution in [0.4, 0.5) is 5.95 Å². The number of anilines is 1. The summed E-state index contributed by atoms with van der Waals surface area (Å²) < 4.78 is 0. The van der Waals surface area contributed by atoms with Crippen LogP contribution in [-0.2, 0) is 11.2 Å². The number of nitrogens with zero attached hydrogens (tertiary/aromatic N) is 1. The molecule has 6 nitrogen and oxygen atoms in total. The van der Waals surface area contributed by atoms with Crippen molar-refractivity contribution in [2.75, 3.05) is 5.73 Å². The molecule has 0 spiro atoms. The topological polar surface area (TPSA) is 109 Å². The Labute approximate surface area is 97.9 Å². The minimum absolute atomic E-state index is 0.0611. The van der Waals surface area contributed by atoms with Crippen molar-refractivity contribution in [1.29, 1.82) is 0 Å². The van der Waals surface area contributed by atoms with Crippen molar-refractivity contribution in [1.82, 2.24) is 9.97 Å². The van der Waals surface area contributed by atoms with Gasteiger partial charge in [-0.3, -0.25) is 14.6 Å². The van der Waals surface area contributed by atoms with Gasteiger partial charge >= 0.3 is 5.97 Å². The van der Waals surface area contributed by atoms with Gasteiger partial charge in [0.25, 0.3) is 5.56 Å². The number of nitrogen functional groups attached to an aromatic ring is 1. The normalized spacial score (nSPS) is 16.2. The Kier molecular flexibility index (Phi) is 3.12. The molecule has 0 bridgehead atoms. The zero-order valence-corrected chi connectivity index (χ0v) is 9.40. The van der Waals surface area contributed by atoms with Crippen LogP contribution in [0.1, 0.15) is 42.9 Å². The number of aromatic amines is 1. The van der Waals surface area contributed by atoms with Gasteiger partial charge in [-0.15, -0.1) is 0 Å². The largest absolute Gasteiger partial charge is 0.481 e. The molecule has 92 valence electrons. The van der Waals surface area contributed by atoms with Crippen LogP contribution in [0.2, 0.25) is 0 Å². The third-order valence-electron chi connectivity index (χ3n) is 3.14. The zero-order valence-electron chi connectivity index (χ0n) is 9.40. The number of aromatic nitrogens is 2. The lowest BCUT2D eigenvalue weighted by Crippen LogP contribution is -2.23. The van der Waals surface area contributed by atoms with E-state index in [4.69, 9.17) is 10.8 Å². The van der Waals surface area contributed by atoms with Crippen molar-refractivity contribution in [2.45, 2.75) is 38.0 Å². The predicted molar refractivity (Wildman–Crippen MR) is 61.8 cm³/mol. The fourth-order valence-corrected chi connectivity index (χ4v) is 2.39. The van der Waals surface area contributed by atoms with Gasteiger partial charge in [0, 0.05) is 5.92 Å². The molecule has 0 radical (unpaired) electrons. The van der Waals surface area contributed by atoms with E-state index in [1.165, 1.54) is 0 Å². The lowest BCUT2D eigenvalue weighted by Gasteiger charge is -2.12. The van der Waals surface area contributed by atoms with Gasteiger partial charge in [0.1, 0.15) is 0 Å². The van der Waals surface area contributed by atoms with Gasteiger partial charge < -0.3 is 10.8 Å². The van der Waals surface area contributed by atoms with Crippen LogP contribution in [-0.4, -0.2) is 21.0 Å². The van der Waals surface area contributed by atoms with Crippen LogP contribution in [0.15, 0.2) is 4.79 Å². The first-order chi connectivity index (χ1) is 8.08. The molecule has 1 aromatic heterocycles. The maximum atomic E-state index is 11.7. The van der Waals surface area contributed by atoms with E-state index in [2.05, 4.69) is 9.97 Å². The molecular formula is C11H15N3O3. The third kappa shape index (κ3) is 2.46. The fraction of sp³-hybridized carbons (Fsp3) is 0.545. The molecule has 17 heavy (non-hydrogen) atoms. The zero-order chi connectivity index (χ0) is 12.4. The van der Waals surface area contributed by atoms with Gasteiger partial charge in [0.05, 0.1) is 17.7 Å². The molecule has 0 unspecified atom stereocenters. The highest BCUT2D eigenvalue weighted by atomic mass is 16.4. The van der Waals surface area contributed by atoms with Crippen LogP contribution in [0.5, 0.6) is 0 Å². The molecule has 1 aromatic rings. The monoisotopic (exact) mass is 237 g/mol. The molecule has 0 aromatic carbocycles. The molecule has 1 aliphatic rings. The minimum Gasteiger partial charge on any atom is -0.481 e. The summed E-state index contributed by atoms with van der Waals surface area (Å²) in [5.74, 6) is -0.790. The number of carboxylic acids is 1. The maximum Gasteiger partial charge on any atom is 0.308 e.